The standard InChI is InChI=1S/C23H22F3NO5/c1-13(15-7-4-3-5-8-15)27-23(29)17-11-18(24)21(26)22(20(17)25)32-19-10-6-9-16(31-19)12-30-14(2)28/h3-9,11,13,16,19H,10,12H2,1-2H3,(H,27,29)/t13-,16?,19?/m1/s1. The minimum Gasteiger partial charge on any atom is -0.463 e. The van der Waals surface area contributed by atoms with Crippen LogP contribution in [0, 0.1) is 17.5 Å². The molecule has 9 heteroatoms. The monoisotopic (exact) mass is 449 g/mol. The summed E-state index contributed by atoms with van der Waals surface area (Å²) >= 11 is 0. The number of ether oxygens (including phenoxy) is 3. The van der Waals surface area contributed by atoms with Crippen LogP contribution < -0.4 is 10.1 Å². The van der Waals surface area contributed by atoms with E-state index in [9.17, 15) is 22.8 Å². The van der Waals surface area contributed by atoms with Crippen molar-refractivity contribution in [3.63, 3.8) is 0 Å². The third-order valence-electron chi connectivity index (χ3n) is 4.71. The Morgan fingerprint density at radius 1 is 1.19 bits per heavy atom. The lowest BCUT2D eigenvalue weighted by molar-refractivity contribution is -0.154. The van der Waals surface area contributed by atoms with Gasteiger partial charge in [0.1, 0.15) is 12.7 Å². The summed E-state index contributed by atoms with van der Waals surface area (Å²) in [6, 6.07) is 8.86. The van der Waals surface area contributed by atoms with Gasteiger partial charge in [0.25, 0.3) is 5.91 Å². The van der Waals surface area contributed by atoms with Crippen molar-refractivity contribution in [1.29, 1.82) is 0 Å². The van der Waals surface area contributed by atoms with Crippen molar-refractivity contribution in [2.75, 3.05) is 6.61 Å². The lowest BCUT2D eigenvalue weighted by Gasteiger charge is -2.26. The molecule has 1 heterocycles. The van der Waals surface area contributed by atoms with Crippen molar-refractivity contribution in [1.82, 2.24) is 5.32 Å². The van der Waals surface area contributed by atoms with Gasteiger partial charge in [-0.2, -0.15) is 4.39 Å². The van der Waals surface area contributed by atoms with Crippen molar-refractivity contribution in [2.24, 2.45) is 0 Å². The van der Waals surface area contributed by atoms with E-state index in [1.807, 2.05) is 0 Å². The highest BCUT2D eigenvalue weighted by atomic mass is 19.2. The number of esters is 1. The van der Waals surface area contributed by atoms with Gasteiger partial charge in [0.15, 0.2) is 17.4 Å². The van der Waals surface area contributed by atoms with Crippen LogP contribution in [-0.4, -0.2) is 30.9 Å². The SMILES string of the molecule is CC(=O)OCC1C=CCC(Oc2c(F)c(F)cc(C(=O)N[C@H](C)c3ccccc3)c2F)O1. The molecule has 170 valence electrons. The Hall–Kier alpha value is -3.33. The third kappa shape index (κ3) is 5.67. The number of nitrogens with one attached hydrogen (secondary N) is 1. The molecule has 1 N–H and O–H groups in total. The number of hydrogen-bond donors (Lipinski definition) is 1. The summed E-state index contributed by atoms with van der Waals surface area (Å²) in [6.07, 6.45) is 1.45. The van der Waals surface area contributed by atoms with E-state index >= 15 is 0 Å². The molecule has 0 bridgehead atoms. The zero-order valence-electron chi connectivity index (χ0n) is 17.4. The maximum absolute atomic E-state index is 15.0. The molecular weight excluding hydrogens is 427 g/mol. The number of benzene rings is 2. The third-order valence-corrected chi connectivity index (χ3v) is 4.71. The molecule has 3 atom stereocenters. The van der Waals surface area contributed by atoms with Crippen LogP contribution in [-0.2, 0) is 14.3 Å². The van der Waals surface area contributed by atoms with Crippen LogP contribution in [0.1, 0.15) is 42.2 Å². The first-order valence-corrected chi connectivity index (χ1v) is 9.91. The number of hydrogen-bond acceptors (Lipinski definition) is 5. The van der Waals surface area contributed by atoms with E-state index in [1.165, 1.54) is 6.92 Å². The Kier molecular flexibility index (Phi) is 7.53. The van der Waals surface area contributed by atoms with Crippen LogP contribution in [0.25, 0.3) is 0 Å². The predicted molar refractivity (Wildman–Crippen MR) is 108 cm³/mol. The highest BCUT2D eigenvalue weighted by molar-refractivity contribution is 5.95. The topological polar surface area (TPSA) is 73.9 Å². The van der Waals surface area contributed by atoms with E-state index in [0.29, 0.717) is 6.07 Å². The lowest BCUT2D eigenvalue weighted by atomic mass is 10.1. The molecule has 3 rings (SSSR count). The van der Waals surface area contributed by atoms with Crippen molar-refractivity contribution < 1.29 is 37.0 Å². The van der Waals surface area contributed by atoms with E-state index in [4.69, 9.17) is 14.2 Å². The molecule has 1 aliphatic heterocycles. The van der Waals surface area contributed by atoms with Crippen molar-refractivity contribution in [2.45, 2.75) is 38.7 Å². The second kappa shape index (κ2) is 10.3. The van der Waals surface area contributed by atoms with Gasteiger partial charge in [-0.1, -0.05) is 42.5 Å². The molecule has 0 saturated carbocycles. The van der Waals surface area contributed by atoms with Gasteiger partial charge in [0.05, 0.1) is 11.6 Å². The summed E-state index contributed by atoms with van der Waals surface area (Å²) in [5.41, 5.74) is 0.0472. The molecule has 6 nitrogen and oxygen atoms in total. The van der Waals surface area contributed by atoms with Gasteiger partial charge < -0.3 is 19.5 Å². The fourth-order valence-corrected chi connectivity index (χ4v) is 3.09. The van der Waals surface area contributed by atoms with Gasteiger partial charge in [0.2, 0.25) is 12.1 Å². The first-order chi connectivity index (χ1) is 15.3. The van der Waals surface area contributed by atoms with E-state index in [1.54, 1.807) is 49.4 Å². The molecule has 1 amide bonds. The zero-order valence-corrected chi connectivity index (χ0v) is 17.4. The van der Waals surface area contributed by atoms with E-state index in [2.05, 4.69) is 5.32 Å². The number of amides is 1. The molecule has 1 aliphatic rings. The van der Waals surface area contributed by atoms with Crippen molar-refractivity contribution in [3.05, 3.63) is 77.1 Å². The molecule has 0 spiro atoms. The number of carbonyl (C=O) groups excluding carboxylic acids is 2. The first kappa shape index (κ1) is 23.3. The molecule has 0 fully saturated rings. The van der Waals surface area contributed by atoms with Crippen LogP contribution in [0.3, 0.4) is 0 Å². The zero-order chi connectivity index (χ0) is 23.3. The lowest BCUT2D eigenvalue weighted by Crippen LogP contribution is -2.33. The molecule has 0 aliphatic carbocycles. The molecule has 0 saturated heterocycles. The molecule has 2 aromatic rings. The fraction of sp³-hybridized carbons (Fsp3) is 0.304. The average molecular weight is 449 g/mol. The van der Waals surface area contributed by atoms with E-state index in [-0.39, 0.29) is 13.0 Å². The quantitative estimate of drug-likeness (QED) is 0.390. The minimum absolute atomic E-state index is 0.110. The van der Waals surface area contributed by atoms with Crippen molar-refractivity contribution in [3.8, 4) is 5.75 Å². The summed E-state index contributed by atoms with van der Waals surface area (Å²) in [5.74, 6) is -6.88. The minimum atomic E-state index is -1.58. The maximum atomic E-state index is 15.0. The van der Waals surface area contributed by atoms with Gasteiger partial charge in [-0.05, 0) is 18.6 Å². The Labute approximate surface area is 183 Å². The Balaban J connectivity index is 1.77. The van der Waals surface area contributed by atoms with Crippen LogP contribution in [0.4, 0.5) is 13.2 Å². The first-order valence-electron chi connectivity index (χ1n) is 9.91. The molecule has 32 heavy (non-hydrogen) atoms. The Morgan fingerprint density at radius 2 is 1.91 bits per heavy atom. The van der Waals surface area contributed by atoms with Crippen molar-refractivity contribution >= 4 is 11.9 Å². The fourth-order valence-electron chi connectivity index (χ4n) is 3.09. The average Bonchev–Trinajstić information content (AvgIpc) is 2.78. The summed E-state index contributed by atoms with van der Waals surface area (Å²) < 4.78 is 59.0. The van der Waals surface area contributed by atoms with Gasteiger partial charge in [-0.25, -0.2) is 8.78 Å². The van der Waals surface area contributed by atoms with Gasteiger partial charge >= 0.3 is 5.97 Å². The smallest absolute Gasteiger partial charge is 0.302 e. The second-order valence-electron chi connectivity index (χ2n) is 7.16. The van der Waals surface area contributed by atoms with Crippen LogP contribution >= 0.6 is 0 Å². The van der Waals surface area contributed by atoms with E-state index < -0.39 is 59.1 Å². The molecular formula is C23H22F3NO5. The van der Waals surface area contributed by atoms with Crippen LogP contribution in [0.15, 0.2) is 48.6 Å². The number of halogens is 3. The highest BCUT2D eigenvalue weighted by Gasteiger charge is 2.29. The summed E-state index contributed by atoms with van der Waals surface area (Å²) in [5, 5.41) is 2.55. The maximum Gasteiger partial charge on any atom is 0.302 e. The second-order valence-corrected chi connectivity index (χ2v) is 7.16. The Morgan fingerprint density at radius 3 is 2.59 bits per heavy atom. The molecule has 2 unspecified atom stereocenters. The highest BCUT2D eigenvalue weighted by Crippen LogP contribution is 2.30. The van der Waals surface area contributed by atoms with Gasteiger partial charge in [0, 0.05) is 13.3 Å². The van der Waals surface area contributed by atoms with Crippen LogP contribution in [0.5, 0.6) is 5.75 Å². The molecule has 0 radical (unpaired) electrons. The van der Waals surface area contributed by atoms with E-state index in [0.717, 1.165) is 5.56 Å². The normalized spacial score (nSPS) is 18.7. The largest absolute Gasteiger partial charge is 0.463 e. The molecule has 2 aromatic carbocycles. The number of rotatable bonds is 7. The summed E-state index contributed by atoms with van der Waals surface area (Å²) in [7, 11) is 0. The van der Waals surface area contributed by atoms with Gasteiger partial charge in [-0.3, -0.25) is 9.59 Å². The predicted octanol–water partition coefficient (Wildman–Crippen LogP) is 4.21. The van der Waals surface area contributed by atoms with Crippen LogP contribution in [0.2, 0.25) is 0 Å². The molecule has 0 aromatic heterocycles. The number of carbonyl (C=O) groups is 2. The Bertz CT molecular complexity index is 1010. The van der Waals surface area contributed by atoms with Gasteiger partial charge in [-0.15, -0.1) is 0 Å². The summed E-state index contributed by atoms with van der Waals surface area (Å²) in [4.78, 5) is 23.5. The summed E-state index contributed by atoms with van der Waals surface area (Å²) in [6.45, 7) is 2.78.